The third-order valence-corrected chi connectivity index (χ3v) is 2.86. The highest BCUT2D eigenvalue weighted by Gasteiger charge is 2.14. The van der Waals surface area contributed by atoms with Gasteiger partial charge in [-0.25, -0.2) is 4.98 Å². The van der Waals surface area contributed by atoms with E-state index in [1.165, 1.54) is 0 Å². The Kier molecular flexibility index (Phi) is 3.33. The normalized spacial score (nSPS) is 10.9. The van der Waals surface area contributed by atoms with Gasteiger partial charge in [0.2, 0.25) is 0 Å². The summed E-state index contributed by atoms with van der Waals surface area (Å²) in [4.78, 5) is 15.1. The third-order valence-electron chi connectivity index (χ3n) is 2.55. The van der Waals surface area contributed by atoms with E-state index in [0.29, 0.717) is 10.8 Å². The number of benzene rings is 1. The predicted molar refractivity (Wildman–Crippen MR) is 66.4 cm³/mol. The molecule has 0 atom stereocenters. The van der Waals surface area contributed by atoms with Crippen LogP contribution in [0.5, 0.6) is 0 Å². The molecule has 5 heteroatoms. The summed E-state index contributed by atoms with van der Waals surface area (Å²) >= 11 is 6.14. The first-order valence-electron chi connectivity index (χ1n) is 5.49. The van der Waals surface area contributed by atoms with Gasteiger partial charge in [-0.3, -0.25) is 4.79 Å². The number of nitrogens with zero attached hydrogens (tertiary/aromatic N) is 2. The topological polar surface area (TPSA) is 55.1 Å². The SMILES string of the molecule is CCCn1c(CC(=O)O)nc2cccc(Cl)c21. The summed E-state index contributed by atoms with van der Waals surface area (Å²) in [6.07, 6.45) is 0.828. The number of hydrogen-bond acceptors (Lipinski definition) is 2. The summed E-state index contributed by atoms with van der Waals surface area (Å²) in [7, 11) is 0. The van der Waals surface area contributed by atoms with Gasteiger partial charge in [-0.15, -0.1) is 0 Å². The number of aliphatic carboxylic acids is 1. The molecule has 0 aliphatic rings. The Morgan fingerprint density at radius 2 is 2.29 bits per heavy atom. The summed E-state index contributed by atoms with van der Waals surface area (Å²) in [6, 6.07) is 5.46. The Morgan fingerprint density at radius 1 is 1.53 bits per heavy atom. The molecule has 1 aromatic heterocycles. The molecule has 0 fully saturated rings. The van der Waals surface area contributed by atoms with Crippen molar-refractivity contribution in [2.75, 3.05) is 0 Å². The summed E-state index contributed by atoms with van der Waals surface area (Å²) in [5, 5.41) is 9.48. The molecular weight excluding hydrogens is 240 g/mol. The smallest absolute Gasteiger partial charge is 0.311 e. The number of carboxylic acids is 1. The van der Waals surface area contributed by atoms with Crippen LogP contribution in [-0.2, 0) is 17.8 Å². The minimum Gasteiger partial charge on any atom is -0.481 e. The van der Waals surface area contributed by atoms with E-state index in [9.17, 15) is 4.79 Å². The molecule has 0 saturated carbocycles. The van der Waals surface area contributed by atoms with Gasteiger partial charge < -0.3 is 9.67 Å². The second-order valence-corrected chi connectivity index (χ2v) is 4.26. The zero-order valence-electron chi connectivity index (χ0n) is 9.48. The molecule has 0 bridgehead atoms. The van der Waals surface area contributed by atoms with Crippen molar-refractivity contribution in [1.82, 2.24) is 9.55 Å². The number of halogens is 1. The molecule has 2 rings (SSSR count). The van der Waals surface area contributed by atoms with Gasteiger partial charge in [-0.1, -0.05) is 24.6 Å². The van der Waals surface area contributed by atoms with Crippen LogP contribution in [0.2, 0.25) is 5.02 Å². The lowest BCUT2D eigenvalue weighted by molar-refractivity contribution is -0.136. The fourth-order valence-corrected chi connectivity index (χ4v) is 2.20. The van der Waals surface area contributed by atoms with E-state index in [2.05, 4.69) is 4.98 Å². The van der Waals surface area contributed by atoms with Gasteiger partial charge in [0.25, 0.3) is 0 Å². The number of hydrogen-bond donors (Lipinski definition) is 1. The summed E-state index contributed by atoms with van der Waals surface area (Å²) in [5.41, 5.74) is 1.58. The van der Waals surface area contributed by atoms with Gasteiger partial charge in [0, 0.05) is 6.54 Å². The largest absolute Gasteiger partial charge is 0.481 e. The summed E-state index contributed by atoms with van der Waals surface area (Å²) < 4.78 is 1.89. The molecule has 1 N–H and O–H groups in total. The first-order chi connectivity index (χ1) is 8.13. The molecule has 2 aromatic rings. The third kappa shape index (κ3) is 2.26. The summed E-state index contributed by atoms with van der Waals surface area (Å²) in [5.74, 6) is -0.323. The van der Waals surface area contributed by atoms with E-state index in [0.717, 1.165) is 24.0 Å². The number of para-hydroxylation sites is 1. The first kappa shape index (κ1) is 11.9. The zero-order valence-corrected chi connectivity index (χ0v) is 10.2. The van der Waals surface area contributed by atoms with Gasteiger partial charge in [-0.05, 0) is 18.6 Å². The number of fused-ring (bicyclic) bond motifs is 1. The van der Waals surface area contributed by atoms with Crippen LogP contribution in [0.3, 0.4) is 0 Å². The lowest BCUT2D eigenvalue weighted by Gasteiger charge is -2.06. The molecule has 0 saturated heterocycles. The minimum atomic E-state index is -0.881. The van der Waals surface area contributed by atoms with E-state index in [4.69, 9.17) is 16.7 Å². The van der Waals surface area contributed by atoms with E-state index in [-0.39, 0.29) is 6.42 Å². The van der Waals surface area contributed by atoms with Crippen LogP contribution in [0, 0.1) is 0 Å². The molecule has 0 amide bonds. The quantitative estimate of drug-likeness (QED) is 0.910. The number of rotatable bonds is 4. The van der Waals surface area contributed by atoms with Gasteiger partial charge in [0.05, 0.1) is 16.1 Å². The minimum absolute atomic E-state index is 0.0784. The number of aromatic nitrogens is 2. The molecule has 4 nitrogen and oxygen atoms in total. The number of imidazole rings is 1. The van der Waals surface area contributed by atoms with E-state index in [1.54, 1.807) is 6.07 Å². The fraction of sp³-hybridized carbons (Fsp3) is 0.333. The lowest BCUT2D eigenvalue weighted by atomic mass is 10.3. The molecule has 17 heavy (non-hydrogen) atoms. The Balaban J connectivity index is 2.62. The van der Waals surface area contributed by atoms with Gasteiger partial charge in [0.15, 0.2) is 0 Å². The van der Waals surface area contributed by atoms with Crippen molar-refractivity contribution in [3.8, 4) is 0 Å². The van der Waals surface area contributed by atoms with Crippen molar-refractivity contribution < 1.29 is 9.90 Å². The summed E-state index contributed by atoms with van der Waals surface area (Å²) in [6.45, 7) is 2.76. The highest BCUT2D eigenvalue weighted by molar-refractivity contribution is 6.35. The van der Waals surface area contributed by atoms with Gasteiger partial charge >= 0.3 is 5.97 Å². The Bertz CT molecular complexity index is 563. The van der Waals surface area contributed by atoms with Crippen LogP contribution in [0.1, 0.15) is 19.2 Å². The average Bonchev–Trinajstić information content (AvgIpc) is 2.58. The maximum Gasteiger partial charge on any atom is 0.311 e. The van der Waals surface area contributed by atoms with Crippen LogP contribution in [0.25, 0.3) is 11.0 Å². The van der Waals surface area contributed by atoms with Crippen molar-refractivity contribution in [1.29, 1.82) is 0 Å². The second-order valence-electron chi connectivity index (χ2n) is 3.86. The monoisotopic (exact) mass is 252 g/mol. The number of aryl methyl sites for hydroxylation is 1. The Morgan fingerprint density at radius 3 is 2.94 bits per heavy atom. The highest BCUT2D eigenvalue weighted by Crippen LogP contribution is 2.25. The van der Waals surface area contributed by atoms with E-state index < -0.39 is 5.97 Å². The van der Waals surface area contributed by atoms with Crippen LogP contribution < -0.4 is 0 Å². The maximum atomic E-state index is 10.8. The van der Waals surface area contributed by atoms with Crippen molar-refractivity contribution in [3.63, 3.8) is 0 Å². The fourth-order valence-electron chi connectivity index (χ4n) is 1.92. The van der Waals surface area contributed by atoms with Crippen molar-refractivity contribution in [2.45, 2.75) is 26.3 Å². The second kappa shape index (κ2) is 4.75. The zero-order chi connectivity index (χ0) is 12.4. The maximum absolute atomic E-state index is 10.8. The van der Waals surface area contributed by atoms with Crippen molar-refractivity contribution in [2.24, 2.45) is 0 Å². The standard InChI is InChI=1S/C12H13ClN2O2/c1-2-6-15-10(7-11(16)17)14-9-5-3-4-8(13)12(9)15/h3-5H,2,6-7H2,1H3,(H,16,17). The van der Waals surface area contributed by atoms with Crippen LogP contribution in [-0.4, -0.2) is 20.6 Å². The molecular formula is C12H13ClN2O2. The molecule has 90 valence electrons. The Hall–Kier alpha value is -1.55. The van der Waals surface area contributed by atoms with Crippen molar-refractivity contribution in [3.05, 3.63) is 29.0 Å². The predicted octanol–water partition coefficient (Wildman–Crippen LogP) is 2.73. The van der Waals surface area contributed by atoms with Gasteiger partial charge in [0.1, 0.15) is 12.2 Å². The van der Waals surface area contributed by atoms with E-state index >= 15 is 0 Å². The van der Waals surface area contributed by atoms with E-state index in [1.807, 2.05) is 23.6 Å². The van der Waals surface area contributed by atoms with Crippen LogP contribution >= 0.6 is 11.6 Å². The molecule has 1 heterocycles. The Labute approximate surface area is 104 Å². The molecule has 0 spiro atoms. The number of carboxylic acid groups (broad SMARTS) is 1. The molecule has 0 radical (unpaired) electrons. The average molecular weight is 253 g/mol. The van der Waals surface area contributed by atoms with Crippen LogP contribution in [0.4, 0.5) is 0 Å². The molecule has 0 aliphatic carbocycles. The first-order valence-corrected chi connectivity index (χ1v) is 5.86. The van der Waals surface area contributed by atoms with Crippen molar-refractivity contribution >= 4 is 28.6 Å². The molecule has 0 unspecified atom stereocenters. The highest BCUT2D eigenvalue weighted by atomic mass is 35.5. The lowest BCUT2D eigenvalue weighted by Crippen LogP contribution is -2.09. The van der Waals surface area contributed by atoms with Gasteiger partial charge in [-0.2, -0.15) is 0 Å². The molecule has 0 aliphatic heterocycles. The number of carbonyl (C=O) groups is 1. The molecule has 1 aromatic carbocycles. The van der Waals surface area contributed by atoms with Crippen LogP contribution in [0.15, 0.2) is 18.2 Å².